The third-order valence-electron chi connectivity index (χ3n) is 3.15. The molecule has 0 amide bonds. The van der Waals surface area contributed by atoms with Gasteiger partial charge in [0, 0.05) is 12.0 Å². The van der Waals surface area contributed by atoms with Crippen molar-refractivity contribution in [3.05, 3.63) is 11.7 Å². The lowest BCUT2D eigenvalue weighted by atomic mass is 9.96. The molecule has 0 radical (unpaired) electrons. The van der Waals surface area contributed by atoms with Crippen LogP contribution >= 0.6 is 0 Å². The van der Waals surface area contributed by atoms with Crippen molar-refractivity contribution in [2.24, 2.45) is 0 Å². The second-order valence-electron chi connectivity index (χ2n) is 4.58. The fourth-order valence-corrected chi connectivity index (χ4v) is 2.14. The molecule has 0 spiro atoms. The largest absolute Gasteiger partial charge is 0.339 e. The monoisotopic (exact) mass is 209 g/mol. The van der Waals surface area contributed by atoms with Crippen molar-refractivity contribution in [1.82, 2.24) is 15.0 Å². The first-order valence-electron chi connectivity index (χ1n) is 5.71. The fraction of sp³-hybridized carbons (Fsp3) is 0.818. The molecule has 1 saturated heterocycles. The highest BCUT2D eigenvalue weighted by atomic mass is 16.5. The van der Waals surface area contributed by atoms with Gasteiger partial charge >= 0.3 is 0 Å². The number of rotatable bonds is 2. The molecule has 1 aromatic rings. The molecule has 2 heterocycles. The zero-order chi connectivity index (χ0) is 10.8. The van der Waals surface area contributed by atoms with E-state index in [1.807, 2.05) is 6.92 Å². The van der Waals surface area contributed by atoms with Crippen LogP contribution in [0.5, 0.6) is 0 Å². The van der Waals surface area contributed by atoms with Gasteiger partial charge in [-0.25, -0.2) is 0 Å². The molecule has 1 aromatic heterocycles. The Morgan fingerprint density at radius 1 is 1.33 bits per heavy atom. The van der Waals surface area contributed by atoms with E-state index in [0.717, 1.165) is 37.6 Å². The van der Waals surface area contributed by atoms with Crippen LogP contribution in [0.3, 0.4) is 0 Å². The predicted octanol–water partition coefficient (Wildman–Crippen LogP) is 1.97. The summed E-state index contributed by atoms with van der Waals surface area (Å²) in [6.45, 7) is 8.65. The quantitative estimate of drug-likeness (QED) is 0.746. The van der Waals surface area contributed by atoms with Crippen LogP contribution in [0.25, 0.3) is 0 Å². The lowest BCUT2D eigenvalue weighted by Gasteiger charge is -2.33. The molecule has 0 atom stereocenters. The van der Waals surface area contributed by atoms with Gasteiger partial charge in [0.25, 0.3) is 0 Å². The third-order valence-corrected chi connectivity index (χ3v) is 3.15. The molecule has 84 valence electrons. The Morgan fingerprint density at radius 2 is 2.00 bits per heavy atom. The summed E-state index contributed by atoms with van der Waals surface area (Å²) < 4.78 is 5.22. The highest BCUT2D eigenvalue weighted by Gasteiger charge is 2.25. The van der Waals surface area contributed by atoms with E-state index in [2.05, 4.69) is 28.9 Å². The normalized spacial score (nSPS) is 20.0. The van der Waals surface area contributed by atoms with Gasteiger partial charge in [-0.3, -0.25) is 0 Å². The minimum Gasteiger partial charge on any atom is -0.339 e. The molecule has 1 aliphatic rings. The molecule has 15 heavy (non-hydrogen) atoms. The Labute approximate surface area is 90.7 Å². The molecule has 2 rings (SSSR count). The molecule has 0 N–H and O–H groups in total. The van der Waals surface area contributed by atoms with Gasteiger partial charge in [0.1, 0.15) is 0 Å². The maximum Gasteiger partial charge on any atom is 0.229 e. The summed E-state index contributed by atoms with van der Waals surface area (Å²) >= 11 is 0. The lowest BCUT2D eigenvalue weighted by molar-refractivity contribution is 0.160. The van der Waals surface area contributed by atoms with Gasteiger partial charge in [-0.1, -0.05) is 5.16 Å². The van der Waals surface area contributed by atoms with Gasteiger partial charge in [-0.05, 0) is 46.7 Å². The van der Waals surface area contributed by atoms with E-state index in [0.29, 0.717) is 12.0 Å². The summed E-state index contributed by atoms with van der Waals surface area (Å²) in [6, 6.07) is 0.648. The SMILES string of the molecule is Cc1noc(C2CCN(C(C)C)CC2)n1. The van der Waals surface area contributed by atoms with Crippen molar-refractivity contribution >= 4 is 0 Å². The van der Waals surface area contributed by atoms with E-state index < -0.39 is 0 Å². The second-order valence-corrected chi connectivity index (χ2v) is 4.58. The molecular weight excluding hydrogens is 190 g/mol. The number of hydrogen-bond donors (Lipinski definition) is 0. The van der Waals surface area contributed by atoms with Crippen molar-refractivity contribution in [3.63, 3.8) is 0 Å². The van der Waals surface area contributed by atoms with Crippen molar-refractivity contribution < 1.29 is 4.52 Å². The van der Waals surface area contributed by atoms with Crippen molar-refractivity contribution in [2.75, 3.05) is 13.1 Å². The zero-order valence-electron chi connectivity index (χ0n) is 9.73. The van der Waals surface area contributed by atoms with Crippen molar-refractivity contribution in [1.29, 1.82) is 0 Å². The number of aryl methyl sites for hydroxylation is 1. The summed E-state index contributed by atoms with van der Waals surface area (Å²) in [6.07, 6.45) is 2.28. The maximum absolute atomic E-state index is 5.22. The third kappa shape index (κ3) is 2.37. The molecule has 1 aliphatic heterocycles. The predicted molar refractivity (Wildman–Crippen MR) is 57.7 cm³/mol. The first kappa shape index (κ1) is 10.6. The Kier molecular flexibility index (Phi) is 3.05. The minimum atomic E-state index is 0.473. The second kappa shape index (κ2) is 4.31. The molecule has 0 unspecified atom stereocenters. The van der Waals surface area contributed by atoms with Crippen molar-refractivity contribution in [2.45, 2.75) is 45.6 Å². The molecule has 0 aliphatic carbocycles. The Bertz CT molecular complexity index is 313. The number of piperidine rings is 1. The lowest BCUT2D eigenvalue weighted by Crippen LogP contribution is -2.37. The molecule has 1 fully saturated rings. The molecule has 0 aromatic carbocycles. The summed E-state index contributed by atoms with van der Waals surface area (Å²) in [5.74, 6) is 2.05. The Hall–Kier alpha value is -0.900. The van der Waals surface area contributed by atoms with Crippen LogP contribution in [0.4, 0.5) is 0 Å². The van der Waals surface area contributed by atoms with Crippen LogP contribution in [-0.2, 0) is 0 Å². The van der Waals surface area contributed by atoms with Crippen LogP contribution in [0.1, 0.15) is 44.3 Å². The molecule has 0 saturated carbocycles. The van der Waals surface area contributed by atoms with Gasteiger partial charge in [0.05, 0.1) is 0 Å². The van der Waals surface area contributed by atoms with E-state index in [1.54, 1.807) is 0 Å². The van der Waals surface area contributed by atoms with E-state index >= 15 is 0 Å². The first-order chi connectivity index (χ1) is 7.16. The summed E-state index contributed by atoms with van der Waals surface area (Å²) in [5, 5.41) is 3.85. The van der Waals surface area contributed by atoms with E-state index in [9.17, 15) is 0 Å². The van der Waals surface area contributed by atoms with Gasteiger partial charge < -0.3 is 9.42 Å². The molecule has 0 bridgehead atoms. The maximum atomic E-state index is 5.22. The summed E-state index contributed by atoms with van der Waals surface area (Å²) in [7, 11) is 0. The van der Waals surface area contributed by atoms with Crippen LogP contribution in [0.15, 0.2) is 4.52 Å². The average Bonchev–Trinajstić information content (AvgIpc) is 2.65. The topological polar surface area (TPSA) is 42.2 Å². The highest BCUT2D eigenvalue weighted by Crippen LogP contribution is 2.27. The zero-order valence-corrected chi connectivity index (χ0v) is 9.73. The molecular formula is C11H19N3O. The van der Waals surface area contributed by atoms with Crippen LogP contribution in [0, 0.1) is 6.92 Å². The van der Waals surface area contributed by atoms with Gasteiger partial charge in [0.15, 0.2) is 5.82 Å². The number of likely N-dealkylation sites (tertiary alicyclic amines) is 1. The van der Waals surface area contributed by atoms with Gasteiger partial charge in [0.2, 0.25) is 5.89 Å². The molecule has 4 nitrogen and oxygen atoms in total. The van der Waals surface area contributed by atoms with Crippen LogP contribution < -0.4 is 0 Å². The van der Waals surface area contributed by atoms with Gasteiger partial charge in [-0.2, -0.15) is 4.98 Å². The highest BCUT2D eigenvalue weighted by molar-refractivity contribution is 4.95. The fourth-order valence-electron chi connectivity index (χ4n) is 2.14. The molecule has 4 heteroatoms. The standard InChI is InChI=1S/C11H19N3O/c1-8(2)14-6-4-10(5-7-14)11-12-9(3)13-15-11/h8,10H,4-7H2,1-3H3. The van der Waals surface area contributed by atoms with Gasteiger partial charge in [-0.15, -0.1) is 0 Å². The first-order valence-corrected chi connectivity index (χ1v) is 5.71. The van der Waals surface area contributed by atoms with E-state index in [-0.39, 0.29) is 0 Å². The number of aromatic nitrogens is 2. The Morgan fingerprint density at radius 3 is 2.47 bits per heavy atom. The number of nitrogens with zero attached hydrogens (tertiary/aromatic N) is 3. The van der Waals surface area contributed by atoms with Crippen LogP contribution in [0.2, 0.25) is 0 Å². The van der Waals surface area contributed by atoms with Crippen molar-refractivity contribution in [3.8, 4) is 0 Å². The van der Waals surface area contributed by atoms with E-state index in [1.165, 1.54) is 0 Å². The smallest absolute Gasteiger partial charge is 0.229 e. The average molecular weight is 209 g/mol. The summed E-state index contributed by atoms with van der Waals surface area (Å²) in [5.41, 5.74) is 0. The Balaban J connectivity index is 1.93. The van der Waals surface area contributed by atoms with Crippen LogP contribution in [-0.4, -0.2) is 34.2 Å². The minimum absolute atomic E-state index is 0.473. The number of hydrogen-bond acceptors (Lipinski definition) is 4. The summed E-state index contributed by atoms with van der Waals surface area (Å²) in [4.78, 5) is 6.81. The van der Waals surface area contributed by atoms with E-state index in [4.69, 9.17) is 4.52 Å².